The monoisotopic (exact) mass is 369 g/mol. The topological polar surface area (TPSA) is 69.6 Å². The van der Waals surface area contributed by atoms with Crippen LogP contribution < -0.4 is 4.90 Å². The first-order chi connectivity index (χ1) is 11.8. The van der Waals surface area contributed by atoms with Crippen LogP contribution in [0.1, 0.15) is 38.2 Å². The lowest BCUT2D eigenvalue weighted by atomic mass is 9.93. The Balaban J connectivity index is 1.99. The molecule has 0 bridgehead atoms. The molecule has 1 saturated heterocycles. The molecule has 0 saturated carbocycles. The molecule has 0 atom stereocenters. The Morgan fingerprint density at radius 2 is 1.76 bits per heavy atom. The normalized spacial score (nSPS) is 17.2. The average molecular weight is 370 g/mol. The smallest absolute Gasteiger partial charge is 0.281 e. The Labute approximate surface area is 152 Å². The van der Waals surface area contributed by atoms with E-state index in [4.69, 9.17) is 0 Å². The van der Waals surface area contributed by atoms with Gasteiger partial charge in [0.2, 0.25) is 0 Å². The Morgan fingerprint density at radius 3 is 2.28 bits per heavy atom. The standard InChI is InChI=1S/C17H31N5O2S/c1-6-21(7-2)25(23,24)22-10-8-15(9-11-22)12-16-13-17(20(4)5)19-14(3)18-16/h13,15H,6-12H2,1-5H3. The average Bonchev–Trinajstić information content (AvgIpc) is 2.55. The summed E-state index contributed by atoms with van der Waals surface area (Å²) in [4.78, 5) is 11.0. The Morgan fingerprint density at radius 1 is 1.16 bits per heavy atom. The Bertz CT molecular complexity index is 666. The Hall–Kier alpha value is -1.25. The summed E-state index contributed by atoms with van der Waals surface area (Å²) in [5.41, 5.74) is 1.04. The minimum Gasteiger partial charge on any atom is -0.363 e. The SMILES string of the molecule is CCN(CC)S(=O)(=O)N1CCC(Cc2cc(N(C)C)nc(C)n2)CC1. The van der Waals surface area contributed by atoms with Crippen LogP contribution in [-0.2, 0) is 16.6 Å². The molecule has 0 unspecified atom stereocenters. The van der Waals surface area contributed by atoms with E-state index in [2.05, 4.69) is 9.97 Å². The molecule has 7 nitrogen and oxygen atoms in total. The number of aryl methyl sites for hydroxylation is 1. The molecule has 142 valence electrons. The summed E-state index contributed by atoms with van der Waals surface area (Å²) in [6.45, 7) is 7.90. The van der Waals surface area contributed by atoms with Crippen molar-refractivity contribution in [2.75, 3.05) is 45.2 Å². The molecular weight excluding hydrogens is 338 g/mol. The van der Waals surface area contributed by atoms with Gasteiger partial charge in [0.05, 0.1) is 0 Å². The lowest BCUT2D eigenvalue weighted by Crippen LogP contribution is -2.47. The third-order valence-corrected chi connectivity index (χ3v) is 6.95. The van der Waals surface area contributed by atoms with Crippen molar-refractivity contribution in [1.82, 2.24) is 18.6 Å². The van der Waals surface area contributed by atoms with Crippen LogP contribution in [0.3, 0.4) is 0 Å². The second-order valence-electron chi connectivity index (χ2n) is 6.80. The molecule has 0 spiro atoms. The second kappa shape index (κ2) is 8.42. The molecule has 0 N–H and O–H groups in total. The summed E-state index contributed by atoms with van der Waals surface area (Å²) < 4.78 is 28.4. The molecule has 0 aliphatic carbocycles. The number of hydrogen-bond donors (Lipinski definition) is 0. The highest BCUT2D eigenvalue weighted by molar-refractivity contribution is 7.86. The first-order valence-electron chi connectivity index (χ1n) is 9.05. The van der Waals surface area contributed by atoms with Crippen LogP contribution in [0.25, 0.3) is 0 Å². The zero-order valence-corrected chi connectivity index (χ0v) is 16.9. The molecule has 2 rings (SSSR count). The van der Waals surface area contributed by atoms with Gasteiger partial charge in [-0.25, -0.2) is 9.97 Å². The number of anilines is 1. The number of aromatic nitrogens is 2. The number of piperidine rings is 1. The van der Waals surface area contributed by atoms with Gasteiger partial charge in [0.15, 0.2) is 0 Å². The van der Waals surface area contributed by atoms with Crippen LogP contribution in [0.2, 0.25) is 0 Å². The highest BCUT2D eigenvalue weighted by Crippen LogP contribution is 2.25. The molecule has 1 fully saturated rings. The molecule has 25 heavy (non-hydrogen) atoms. The first-order valence-corrected chi connectivity index (χ1v) is 10.4. The lowest BCUT2D eigenvalue weighted by Gasteiger charge is -2.34. The maximum Gasteiger partial charge on any atom is 0.281 e. The van der Waals surface area contributed by atoms with Crippen LogP contribution >= 0.6 is 0 Å². The maximum atomic E-state index is 12.6. The van der Waals surface area contributed by atoms with Gasteiger partial charge in [0, 0.05) is 52.0 Å². The molecule has 8 heteroatoms. The van der Waals surface area contributed by atoms with Crippen molar-refractivity contribution in [3.05, 3.63) is 17.6 Å². The summed E-state index contributed by atoms with van der Waals surface area (Å²) in [6, 6.07) is 2.03. The van der Waals surface area contributed by atoms with Crippen molar-refractivity contribution in [3.63, 3.8) is 0 Å². The van der Waals surface area contributed by atoms with Gasteiger partial charge in [-0.1, -0.05) is 13.8 Å². The number of rotatable bonds is 7. The summed E-state index contributed by atoms with van der Waals surface area (Å²) in [5.74, 6) is 2.17. The Kier molecular flexibility index (Phi) is 6.76. The fraction of sp³-hybridized carbons (Fsp3) is 0.765. The molecule has 0 amide bonds. The predicted octanol–water partition coefficient (Wildman–Crippen LogP) is 1.69. The first kappa shape index (κ1) is 20.1. The second-order valence-corrected chi connectivity index (χ2v) is 8.73. The van der Waals surface area contributed by atoms with E-state index in [1.165, 1.54) is 4.31 Å². The van der Waals surface area contributed by atoms with Gasteiger partial charge >= 0.3 is 0 Å². The summed E-state index contributed by atoms with van der Waals surface area (Å²) in [6.07, 6.45) is 2.63. The van der Waals surface area contributed by atoms with Gasteiger partial charge in [0.1, 0.15) is 11.6 Å². The van der Waals surface area contributed by atoms with Crippen molar-refractivity contribution in [2.45, 2.75) is 40.0 Å². The molecule has 1 aliphatic heterocycles. The highest BCUT2D eigenvalue weighted by Gasteiger charge is 2.31. The van der Waals surface area contributed by atoms with E-state index in [-0.39, 0.29) is 0 Å². The number of hydrogen-bond acceptors (Lipinski definition) is 5. The van der Waals surface area contributed by atoms with Crippen LogP contribution in [0.4, 0.5) is 5.82 Å². The molecule has 1 aliphatic rings. The van der Waals surface area contributed by atoms with Gasteiger partial charge in [-0.05, 0) is 32.1 Å². The zero-order chi connectivity index (χ0) is 18.6. The minimum absolute atomic E-state index is 0.465. The van der Waals surface area contributed by atoms with Crippen molar-refractivity contribution in [2.24, 2.45) is 5.92 Å². The van der Waals surface area contributed by atoms with Crippen molar-refractivity contribution in [1.29, 1.82) is 0 Å². The highest BCUT2D eigenvalue weighted by atomic mass is 32.2. The molecule has 0 radical (unpaired) electrons. The third-order valence-electron chi connectivity index (χ3n) is 4.76. The van der Waals surface area contributed by atoms with Gasteiger partial charge in [0.25, 0.3) is 10.2 Å². The molecule has 1 aromatic rings. The molecule has 0 aromatic carbocycles. The van der Waals surface area contributed by atoms with E-state index in [1.807, 2.05) is 45.8 Å². The largest absolute Gasteiger partial charge is 0.363 e. The summed E-state index contributed by atoms with van der Waals surface area (Å²) in [5, 5.41) is 0. The molecule has 1 aromatic heterocycles. The van der Waals surface area contributed by atoms with Crippen molar-refractivity contribution in [3.8, 4) is 0 Å². The number of nitrogens with zero attached hydrogens (tertiary/aromatic N) is 5. The predicted molar refractivity (Wildman–Crippen MR) is 101 cm³/mol. The lowest BCUT2D eigenvalue weighted by molar-refractivity contribution is 0.254. The van der Waals surface area contributed by atoms with E-state index in [0.29, 0.717) is 32.1 Å². The molecule has 2 heterocycles. The fourth-order valence-electron chi connectivity index (χ4n) is 3.30. The van der Waals surface area contributed by atoms with Crippen molar-refractivity contribution < 1.29 is 8.42 Å². The minimum atomic E-state index is -3.31. The van der Waals surface area contributed by atoms with Gasteiger partial charge in [-0.15, -0.1) is 0 Å². The van der Waals surface area contributed by atoms with Crippen LogP contribution in [-0.4, -0.2) is 67.3 Å². The van der Waals surface area contributed by atoms with E-state index < -0.39 is 10.2 Å². The van der Waals surface area contributed by atoms with E-state index in [0.717, 1.165) is 36.6 Å². The van der Waals surface area contributed by atoms with Gasteiger partial charge < -0.3 is 4.90 Å². The quantitative estimate of drug-likeness (QED) is 0.731. The van der Waals surface area contributed by atoms with E-state index in [1.54, 1.807) is 4.31 Å². The van der Waals surface area contributed by atoms with Crippen LogP contribution in [0, 0.1) is 12.8 Å². The van der Waals surface area contributed by atoms with Crippen molar-refractivity contribution >= 4 is 16.0 Å². The zero-order valence-electron chi connectivity index (χ0n) is 16.1. The fourth-order valence-corrected chi connectivity index (χ4v) is 4.95. The van der Waals surface area contributed by atoms with Crippen LogP contribution in [0.15, 0.2) is 6.07 Å². The van der Waals surface area contributed by atoms with E-state index in [9.17, 15) is 8.42 Å². The maximum absolute atomic E-state index is 12.6. The summed E-state index contributed by atoms with van der Waals surface area (Å²) in [7, 11) is 0.638. The van der Waals surface area contributed by atoms with Gasteiger partial charge in [-0.2, -0.15) is 17.0 Å². The molecular formula is C17H31N5O2S. The van der Waals surface area contributed by atoms with Crippen LogP contribution in [0.5, 0.6) is 0 Å². The van der Waals surface area contributed by atoms with E-state index >= 15 is 0 Å². The third kappa shape index (κ3) is 4.89. The summed E-state index contributed by atoms with van der Waals surface area (Å²) >= 11 is 0. The van der Waals surface area contributed by atoms with Gasteiger partial charge in [-0.3, -0.25) is 0 Å².